The molecule has 8 heavy (non-hydrogen) atoms. The van der Waals surface area contributed by atoms with Gasteiger partial charge in [0.2, 0.25) is 0 Å². The van der Waals surface area contributed by atoms with E-state index in [1.54, 1.807) is 6.92 Å². The van der Waals surface area contributed by atoms with Crippen LogP contribution in [0.4, 0.5) is 4.79 Å². The summed E-state index contributed by atoms with van der Waals surface area (Å²) in [7, 11) is 0. The lowest BCUT2D eigenvalue weighted by molar-refractivity contribution is 0.154. The average molecular weight is 138 g/mol. The summed E-state index contributed by atoms with van der Waals surface area (Å²) in [5, 5.41) is 2.25. The molecule has 0 saturated heterocycles. The highest BCUT2D eigenvalue weighted by atomic mass is 35.5. The molecule has 0 atom stereocenters. The Bertz CT molecular complexity index is 68.4. The van der Waals surface area contributed by atoms with Gasteiger partial charge in [-0.1, -0.05) is 0 Å². The van der Waals surface area contributed by atoms with Gasteiger partial charge in [-0.3, -0.25) is 0 Å². The number of nitrogens with one attached hydrogen (secondary N) is 1. The number of hydrogen-bond donors (Lipinski definition) is 1. The van der Waals surface area contributed by atoms with Crippen LogP contribution in [0, 0.1) is 0 Å². The highest BCUT2D eigenvalue weighted by Crippen LogP contribution is 1.75. The molecule has 0 aromatic carbocycles. The van der Waals surface area contributed by atoms with Crippen LogP contribution in [-0.2, 0) is 4.74 Å². The van der Waals surface area contributed by atoms with Gasteiger partial charge in [0, 0.05) is 0 Å². The van der Waals surface area contributed by atoms with Crippen molar-refractivity contribution in [1.29, 1.82) is 0 Å². The number of rotatable bonds is 2. The lowest BCUT2D eigenvalue weighted by atomic mass is 10.9. The fourth-order valence-corrected chi connectivity index (χ4v) is 0.346. The molecule has 0 unspecified atom stereocenters. The van der Waals surface area contributed by atoms with Crippen molar-refractivity contribution in [3.63, 3.8) is 0 Å². The second-order valence-corrected chi connectivity index (χ2v) is 1.30. The number of carbonyl (C=O) groups excluding carboxylic acids is 1. The van der Waals surface area contributed by atoms with Gasteiger partial charge in [0.15, 0.2) is 0 Å². The van der Waals surface area contributed by atoms with E-state index in [0.29, 0.717) is 6.61 Å². The summed E-state index contributed by atoms with van der Waals surface area (Å²) in [4.78, 5) is 10.2. The lowest BCUT2D eigenvalue weighted by Gasteiger charge is -1.98. The molecule has 0 spiro atoms. The second-order valence-electron chi connectivity index (χ2n) is 1.03. The van der Waals surface area contributed by atoms with Crippen molar-refractivity contribution in [2.24, 2.45) is 0 Å². The molecule has 0 aromatic rings. The van der Waals surface area contributed by atoms with Crippen LogP contribution < -0.4 is 5.32 Å². The fraction of sp³-hybridized carbons (Fsp3) is 0.750. The predicted octanol–water partition coefficient (Wildman–Crippen LogP) is 0.929. The van der Waals surface area contributed by atoms with E-state index in [4.69, 9.17) is 11.6 Å². The van der Waals surface area contributed by atoms with Crippen molar-refractivity contribution in [3.8, 4) is 0 Å². The summed E-state index contributed by atoms with van der Waals surface area (Å²) >= 11 is 5.12. The van der Waals surface area contributed by atoms with Crippen molar-refractivity contribution in [1.82, 2.24) is 5.32 Å². The highest BCUT2D eigenvalue weighted by Gasteiger charge is 1.93. The van der Waals surface area contributed by atoms with Crippen molar-refractivity contribution < 1.29 is 9.53 Å². The molecule has 0 aliphatic carbocycles. The maximum absolute atomic E-state index is 10.2. The molecule has 4 heteroatoms. The SMILES string of the molecule is CCOC(=O)NCCl. The summed E-state index contributed by atoms with van der Waals surface area (Å²) < 4.78 is 4.45. The van der Waals surface area contributed by atoms with E-state index in [1.165, 1.54) is 0 Å². The Labute approximate surface area is 53.0 Å². The maximum Gasteiger partial charge on any atom is 0.408 e. The Kier molecular flexibility index (Phi) is 4.45. The van der Waals surface area contributed by atoms with Crippen LogP contribution in [0.25, 0.3) is 0 Å². The summed E-state index contributed by atoms with van der Waals surface area (Å²) in [6.07, 6.45) is -0.470. The molecule has 0 bridgehead atoms. The van der Waals surface area contributed by atoms with Gasteiger partial charge in [-0.05, 0) is 6.92 Å². The first-order valence-electron chi connectivity index (χ1n) is 2.27. The van der Waals surface area contributed by atoms with Crippen LogP contribution in [0.2, 0.25) is 0 Å². The maximum atomic E-state index is 10.2. The quantitative estimate of drug-likeness (QED) is 0.454. The van der Waals surface area contributed by atoms with Gasteiger partial charge in [0.1, 0.15) is 0 Å². The molecule has 0 heterocycles. The van der Waals surface area contributed by atoms with Crippen molar-refractivity contribution >= 4 is 17.7 Å². The smallest absolute Gasteiger partial charge is 0.408 e. The van der Waals surface area contributed by atoms with E-state index < -0.39 is 6.09 Å². The van der Waals surface area contributed by atoms with E-state index in [-0.39, 0.29) is 6.00 Å². The van der Waals surface area contributed by atoms with E-state index in [1.807, 2.05) is 0 Å². The number of hydrogen-bond acceptors (Lipinski definition) is 2. The van der Waals surface area contributed by atoms with Gasteiger partial charge in [0.25, 0.3) is 0 Å². The number of halogens is 1. The number of alkyl carbamates (subject to hydrolysis) is 1. The third kappa shape index (κ3) is 3.74. The Morgan fingerprint density at radius 3 is 2.88 bits per heavy atom. The Hall–Kier alpha value is -0.440. The minimum Gasteiger partial charge on any atom is -0.450 e. The number of carbonyl (C=O) groups is 1. The molecule has 0 rings (SSSR count). The largest absolute Gasteiger partial charge is 0.450 e. The molecule has 0 aromatic heterocycles. The highest BCUT2D eigenvalue weighted by molar-refractivity contribution is 6.18. The first-order chi connectivity index (χ1) is 3.81. The Morgan fingerprint density at radius 1 is 1.88 bits per heavy atom. The zero-order chi connectivity index (χ0) is 6.41. The molecule has 1 amide bonds. The van der Waals surface area contributed by atoms with E-state index >= 15 is 0 Å². The van der Waals surface area contributed by atoms with Gasteiger partial charge < -0.3 is 10.1 Å². The first kappa shape index (κ1) is 7.56. The van der Waals surface area contributed by atoms with Crippen LogP contribution in [0.1, 0.15) is 6.92 Å². The zero-order valence-corrected chi connectivity index (χ0v) is 5.36. The molecule has 48 valence electrons. The fourth-order valence-electron chi connectivity index (χ4n) is 0.237. The summed E-state index contributed by atoms with van der Waals surface area (Å²) in [6, 6.07) is 0.0961. The van der Waals surface area contributed by atoms with Gasteiger partial charge >= 0.3 is 6.09 Å². The summed E-state index contributed by atoms with van der Waals surface area (Å²) in [6.45, 7) is 2.11. The average Bonchev–Trinajstić information content (AvgIpc) is 1.68. The predicted molar refractivity (Wildman–Crippen MR) is 30.9 cm³/mol. The molecule has 0 fully saturated rings. The normalized spacial score (nSPS) is 8.25. The lowest BCUT2D eigenvalue weighted by Crippen LogP contribution is -2.22. The Balaban J connectivity index is 3.06. The van der Waals surface area contributed by atoms with Gasteiger partial charge in [0.05, 0.1) is 12.6 Å². The van der Waals surface area contributed by atoms with E-state index in [0.717, 1.165) is 0 Å². The summed E-state index contributed by atoms with van der Waals surface area (Å²) in [5.41, 5.74) is 0. The van der Waals surface area contributed by atoms with Crippen molar-refractivity contribution in [2.75, 3.05) is 12.6 Å². The minimum atomic E-state index is -0.470. The van der Waals surface area contributed by atoms with Gasteiger partial charge in [-0.25, -0.2) is 4.79 Å². The van der Waals surface area contributed by atoms with Crippen LogP contribution in [0.3, 0.4) is 0 Å². The first-order valence-corrected chi connectivity index (χ1v) is 2.81. The van der Waals surface area contributed by atoms with E-state index in [9.17, 15) is 4.79 Å². The number of alkyl halides is 1. The van der Waals surface area contributed by atoms with Crippen LogP contribution in [-0.4, -0.2) is 18.7 Å². The van der Waals surface area contributed by atoms with Gasteiger partial charge in [-0.2, -0.15) is 0 Å². The summed E-state index contributed by atoms with van der Waals surface area (Å²) in [5.74, 6) is 0. The molecular formula is C4H8ClNO2. The standard InChI is InChI=1S/C4H8ClNO2/c1-2-8-4(7)6-3-5/h2-3H2,1H3,(H,6,7). The monoisotopic (exact) mass is 137 g/mol. The third-order valence-corrected chi connectivity index (χ3v) is 0.620. The third-order valence-electron chi connectivity index (χ3n) is 0.487. The molecule has 3 nitrogen and oxygen atoms in total. The number of ether oxygens (including phenoxy) is 1. The zero-order valence-electron chi connectivity index (χ0n) is 4.61. The molecular weight excluding hydrogens is 130 g/mol. The molecule has 0 radical (unpaired) electrons. The van der Waals surface area contributed by atoms with Crippen molar-refractivity contribution in [3.05, 3.63) is 0 Å². The van der Waals surface area contributed by atoms with E-state index in [2.05, 4.69) is 10.1 Å². The van der Waals surface area contributed by atoms with Crippen LogP contribution >= 0.6 is 11.6 Å². The Morgan fingerprint density at radius 2 is 2.50 bits per heavy atom. The molecule has 0 aliphatic rings. The molecule has 1 N–H and O–H groups in total. The number of amides is 1. The van der Waals surface area contributed by atoms with Crippen LogP contribution in [0.5, 0.6) is 0 Å². The topological polar surface area (TPSA) is 38.3 Å². The minimum absolute atomic E-state index is 0.0961. The van der Waals surface area contributed by atoms with Crippen LogP contribution in [0.15, 0.2) is 0 Å². The second kappa shape index (κ2) is 4.71. The molecule has 0 aliphatic heterocycles. The van der Waals surface area contributed by atoms with Crippen molar-refractivity contribution in [2.45, 2.75) is 6.92 Å². The van der Waals surface area contributed by atoms with Gasteiger partial charge in [-0.15, -0.1) is 11.6 Å². The molecule has 0 saturated carbocycles.